The summed E-state index contributed by atoms with van der Waals surface area (Å²) in [5.41, 5.74) is 5.85. The fourth-order valence-corrected chi connectivity index (χ4v) is 1.45. The van der Waals surface area contributed by atoms with Gasteiger partial charge in [0.05, 0.1) is 18.0 Å². The van der Waals surface area contributed by atoms with Gasteiger partial charge in [0.2, 0.25) is 5.91 Å². The van der Waals surface area contributed by atoms with Crippen LogP contribution in [0.1, 0.15) is 20.7 Å². The van der Waals surface area contributed by atoms with E-state index in [9.17, 15) is 9.59 Å². The van der Waals surface area contributed by atoms with Crippen LogP contribution >= 0.6 is 15.9 Å². The molecule has 0 aliphatic heterocycles. The Balaban J connectivity index is 3.20. The Morgan fingerprint density at radius 2 is 2.13 bits per heavy atom. The molecule has 0 bridgehead atoms. The van der Waals surface area contributed by atoms with Crippen LogP contribution in [0.3, 0.4) is 0 Å². The molecular formula is C10H10BrNO3. The molecule has 15 heavy (non-hydrogen) atoms. The number of methoxy groups -OCH3 is 1. The Bertz CT molecular complexity index is 404. The average Bonchev–Trinajstić information content (AvgIpc) is 2.27. The predicted molar refractivity (Wildman–Crippen MR) is 59.6 cm³/mol. The van der Waals surface area contributed by atoms with Gasteiger partial charge in [-0.2, -0.15) is 0 Å². The van der Waals surface area contributed by atoms with E-state index in [0.717, 1.165) is 0 Å². The molecular weight excluding hydrogens is 262 g/mol. The second-order valence-electron chi connectivity index (χ2n) is 2.84. The molecule has 0 radical (unpaired) electrons. The molecule has 0 saturated carbocycles. The van der Waals surface area contributed by atoms with E-state index < -0.39 is 5.91 Å². The van der Waals surface area contributed by atoms with Gasteiger partial charge in [-0.1, -0.05) is 15.9 Å². The SMILES string of the molecule is COc1cc(C(N)=O)ccc1C(=O)CBr. The topological polar surface area (TPSA) is 69.4 Å². The summed E-state index contributed by atoms with van der Waals surface area (Å²) in [5.74, 6) is -0.301. The molecule has 0 spiro atoms. The van der Waals surface area contributed by atoms with Crippen molar-refractivity contribution in [2.45, 2.75) is 0 Å². The molecule has 2 N–H and O–H groups in total. The minimum atomic E-state index is -0.550. The number of benzene rings is 1. The zero-order valence-electron chi connectivity index (χ0n) is 8.12. The van der Waals surface area contributed by atoms with Crippen LogP contribution in [-0.2, 0) is 0 Å². The maximum atomic E-state index is 11.4. The molecule has 0 heterocycles. The maximum Gasteiger partial charge on any atom is 0.248 e. The normalized spacial score (nSPS) is 9.73. The van der Waals surface area contributed by atoms with Gasteiger partial charge in [0.1, 0.15) is 5.75 Å². The highest BCUT2D eigenvalue weighted by Crippen LogP contribution is 2.21. The number of hydrogen-bond donors (Lipinski definition) is 1. The van der Waals surface area contributed by atoms with Crippen LogP contribution < -0.4 is 10.5 Å². The summed E-state index contributed by atoms with van der Waals surface area (Å²) in [4.78, 5) is 22.3. The second-order valence-corrected chi connectivity index (χ2v) is 3.40. The van der Waals surface area contributed by atoms with Crippen LogP contribution in [0.4, 0.5) is 0 Å². The number of carbonyl (C=O) groups is 2. The number of rotatable bonds is 4. The van der Waals surface area contributed by atoms with Crippen molar-refractivity contribution in [1.82, 2.24) is 0 Å². The molecule has 1 aromatic carbocycles. The van der Waals surface area contributed by atoms with E-state index in [2.05, 4.69) is 15.9 Å². The van der Waals surface area contributed by atoms with Crippen LogP contribution in [0.5, 0.6) is 5.75 Å². The van der Waals surface area contributed by atoms with E-state index >= 15 is 0 Å². The molecule has 0 aromatic heterocycles. The van der Waals surface area contributed by atoms with Gasteiger partial charge in [-0.3, -0.25) is 9.59 Å². The molecule has 0 fully saturated rings. The Morgan fingerprint density at radius 3 is 2.60 bits per heavy atom. The van der Waals surface area contributed by atoms with Gasteiger partial charge >= 0.3 is 0 Å². The second kappa shape index (κ2) is 4.93. The smallest absolute Gasteiger partial charge is 0.248 e. The van der Waals surface area contributed by atoms with Gasteiger partial charge in [-0.05, 0) is 18.2 Å². The average molecular weight is 272 g/mol. The number of alkyl halides is 1. The van der Waals surface area contributed by atoms with Crippen molar-refractivity contribution in [2.75, 3.05) is 12.4 Å². The number of ether oxygens (including phenoxy) is 1. The molecule has 0 aliphatic rings. The summed E-state index contributed by atoms with van der Waals surface area (Å²) in [6.45, 7) is 0. The Kier molecular flexibility index (Phi) is 3.85. The molecule has 1 rings (SSSR count). The molecule has 0 atom stereocenters. The molecule has 1 amide bonds. The van der Waals surface area contributed by atoms with Gasteiger partial charge in [0, 0.05) is 5.56 Å². The number of amides is 1. The summed E-state index contributed by atoms with van der Waals surface area (Å²) in [6, 6.07) is 4.49. The monoisotopic (exact) mass is 271 g/mol. The standard InChI is InChI=1S/C10H10BrNO3/c1-15-9-4-6(10(12)14)2-3-7(9)8(13)5-11/h2-4H,5H2,1H3,(H2,12,14). The zero-order valence-corrected chi connectivity index (χ0v) is 9.71. The minimum absolute atomic E-state index is 0.108. The summed E-state index contributed by atoms with van der Waals surface area (Å²) in [6.07, 6.45) is 0. The lowest BCUT2D eigenvalue weighted by molar-refractivity contribution is 0.0993. The first-order valence-corrected chi connectivity index (χ1v) is 5.29. The third-order valence-corrected chi connectivity index (χ3v) is 2.42. The number of primary amides is 1. The lowest BCUT2D eigenvalue weighted by Gasteiger charge is -2.07. The van der Waals surface area contributed by atoms with Crippen molar-refractivity contribution >= 4 is 27.6 Å². The first-order valence-electron chi connectivity index (χ1n) is 4.17. The largest absolute Gasteiger partial charge is 0.496 e. The van der Waals surface area contributed by atoms with E-state index in [1.807, 2.05) is 0 Å². The molecule has 0 aliphatic carbocycles. The van der Waals surface area contributed by atoms with Gasteiger partial charge in [0.25, 0.3) is 0 Å². The molecule has 1 aromatic rings. The van der Waals surface area contributed by atoms with E-state index in [4.69, 9.17) is 10.5 Å². The van der Waals surface area contributed by atoms with Crippen molar-refractivity contribution in [2.24, 2.45) is 5.73 Å². The van der Waals surface area contributed by atoms with Crippen LogP contribution in [-0.4, -0.2) is 24.1 Å². The lowest BCUT2D eigenvalue weighted by atomic mass is 10.1. The highest BCUT2D eigenvalue weighted by molar-refractivity contribution is 9.09. The fourth-order valence-electron chi connectivity index (χ4n) is 1.15. The van der Waals surface area contributed by atoms with Gasteiger partial charge in [-0.25, -0.2) is 0 Å². The van der Waals surface area contributed by atoms with Gasteiger partial charge in [0.15, 0.2) is 5.78 Å². The number of Topliss-reactive ketones (excluding diaryl/α,β-unsaturated/α-hetero) is 1. The van der Waals surface area contributed by atoms with Crippen molar-refractivity contribution < 1.29 is 14.3 Å². The number of ketones is 1. The minimum Gasteiger partial charge on any atom is -0.496 e. The number of nitrogens with two attached hydrogens (primary N) is 1. The Morgan fingerprint density at radius 1 is 1.47 bits per heavy atom. The summed E-state index contributed by atoms with van der Waals surface area (Å²) in [5, 5.41) is 0.208. The molecule has 0 unspecified atom stereocenters. The number of hydrogen-bond acceptors (Lipinski definition) is 3. The van der Waals surface area contributed by atoms with Gasteiger partial charge in [-0.15, -0.1) is 0 Å². The lowest BCUT2D eigenvalue weighted by Crippen LogP contribution is -2.12. The first kappa shape index (κ1) is 11.7. The summed E-state index contributed by atoms with van der Waals surface area (Å²) >= 11 is 3.07. The van der Waals surface area contributed by atoms with Crippen molar-refractivity contribution in [3.05, 3.63) is 29.3 Å². The fraction of sp³-hybridized carbons (Fsp3) is 0.200. The van der Waals surface area contributed by atoms with Crippen LogP contribution in [0.25, 0.3) is 0 Å². The molecule has 80 valence electrons. The number of halogens is 1. The van der Waals surface area contributed by atoms with Crippen LogP contribution in [0, 0.1) is 0 Å². The van der Waals surface area contributed by atoms with E-state index in [-0.39, 0.29) is 11.1 Å². The third-order valence-electron chi connectivity index (χ3n) is 1.91. The highest BCUT2D eigenvalue weighted by atomic mass is 79.9. The quantitative estimate of drug-likeness (QED) is 0.664. The summed E-state index contributed by atoms with van der Waals surface area (Å²) in [7, 11) is 1.44. The highest BCUT2D eigenvalue weighted by Gasteiger charge is 2.12. The number of carbonyl (C=O) groups excluding carboxylic acids is 2. The summed E-state index contributed by atoms with van der Waals surface area (Å²) < 4.78 is 5.01. The van der Waals surface area contributed by atoms with Crippen molar-refractivity contribution in [3.8, 4) is 5.75 Å². The molecule has 0 saturated heterocycles. The zero-order chi connectivity index (χ0) is 11.4. The molecule has 5 heteroatoms. The maximum absolute atomic E-state index is 11.4. The third kappa shape index (κ3) is 2.56. The van der Waals surface area contributed by atoms with Gasteiger partial charge < -0.3 is 10.5 Å². The van der Waals surface area contributed by atoms with Crippen molar-refractivity contribution in [3.63, 3.8) is 0 Å². The van der Waals surface area contributed by atoms with Crippen molar-refractivity contribution in [1.29, 1.82) is 0 Å². The molecule has 4 nitrogen and oxygen atoms in total. The van der Waals surface area contributed by atoms with E-state index in [0.29, 0.717) is 16.9 Å². The Labute approximate surface area is 95.5 Å². The van der Waals surface area contributed by atoms with Crippen LogP contribution in [0.15, 0.2) is 18.2 Å². The van der Waals surface area contributed by atoms with E-state index in [1.165, 1.54) is 25.3 Å². The van der Waals surface area contributed by atoms with Crippen LogP contribution in [0.2, 0.25) is 0 Å². The van der Waals surface area contributed by atoms with E-state index in [1.54, 1.807) is 0 Å². The predicted octanol–water partition coefficient (Wildman–Crippen LogP) is 1.37. The first-order chi connectivity index (χ1) is 7.10. The Hall–Kier alpha value is -1.36.